The van der Waals surface area contributed by atoms with Gasteiger partial charge in [-0.3, -0.25) is 9.59 Å². The van der Waals surface area contributed by atoms with Gasteiger partial charge in [0, 0.05) is 45.0 Å². The summed E-state index contributed by atoms with van der Waals surface area (Å²) in [4.78, 5) is 28.7. The van der Waals surface area contributed by atoms with Crippen LogP contribution in [0.2, 0.25) is 0 Å². The average molecular weight is 369 g/mol. The highest BCUT2D eigenvalue weighted by atomic mass is 16.2. The summed E-state index contributed by atoms with van der Waals surface area (Å²) in [5, 5.41) is 12.7. The molecule has 0 radical (unpaired) electrons. The maximum absolute atomic E-state index is 12.5. The van der Waals surface area contributed by atoms with E-state index < -0.39 is 0 Å². The van der Waals surface area contributed by atoms with E-state index in [1.807, 2.05) is 15.9 Å². The number of piperazine rings is 1. The molecule has 2 aliphatic heterocycles. The van der Waals surface area contributed by atoms with E-state index in [1.165, 1.54) is 4.57 Å². The SMILES string of the molecule is C=C.C=Cc1cn(C)c(=O)c(C#N)c1N1CCN(C(=O)C2CCCN2)CC1. The summed E-state index contributed by atoms with van der Waals surface area (Å²) < 4.78 is 1.41. The first-order valence-electron chi connectivity index (χ1n) is 9.10. The van der Waals surface area contributed by atoms with Crippen molar-refractivity contribution in [1.82, 2.24) is 14.8 Å². The summed E-state index contributed by atoms with van der Waals surface area (Å²) in [6.45, 7) is 13.1. The fourth-order valence-electron chi connectivity index (χ4n) is 3.61. The zero-order valence-corrected chi connectivity index (χ0v) is 15.9. The molecule has 3 rings (SSSR count). The van der Waals surface area contributed by atoms with Crippen molar-refractivity contribution in [1.29, 1.82) is 5.26 Å². The zero-order chi connectivity index (χ0) is 20.0. The molecule has 0 saturated carbocycles. The minimum absolute atomic E-state index is 0.0611. The van der Waals surface area contributed by atoms with Crippen molar-refractivity contribution >= 4 is 17.7 Å². The topological polar surface area (TPSA) is 81.4 Å². The second-order valence-electron chi connectivity index (χ2n) is 6.50. The number of anilines is 1. The lowest BCUT2D eigenvalue weighted by Gasteiger charge is -2.38. The lowest BCUT2D eigenvalue weighted by molar-refractivity contribution is -0.133. The number of amides is 1. The molecule has 3 heterocycles. The maximum atomic E-state index is 12.5. The van der Waals surface area contributed by atoms with Gasteiger partial charge < -0.3 is 19.7 Å². The number of rotatable bonds is 3. The van der Waals surface area contributed by atoms with Gasteiger partial charge in [0.2, 0.25) is 5.91 Å². The number of hydrogen-bond acceptors (Lipinski definition) is 5. The molecule has 1 unspecified atom stereocenters. The number of carbonyl (C=O) groups excluding carboxylic acids is 1. The summed E-state index contributed by atoms with van der Waals surface area (Å²) >= 11 is 0. The molecule has 1 atom stereocenters. The van der Waals surface area contributed by atoms with Gasteiger partial charge in [-0.05, 0) is 19.4 Å². The Labute approximate surface area is 160 Å². The third-order valence-electron chi connectivity index (χ3n) is 4.97. The van der Waals surface area contributed by atoms with Crippen molar-refractivity contribution in [3.8, 4) is 6.07 Å². The summed E-state index contributed by atoms with van der Waals surface area (Å²) in [5.74, 6) is 0.158. The Hall–Kier alpha value is -2.85. The van der Waals surface area contributed by atoms with Crippen LogP contribution >= 0.6 is 0 Å². The predicted octanol–water partition coefficient (Wildman–Crippen LogP) is 1.10. The van der Waals surface area contributed by atoms with Gasteiger partial charge in [0.05, 0.1) is 11.7 Å². The van der Waals surface area contributed by atoms with Gasteiger partial charge >= 0.3 is 0 Å². The highest BCUT2D eigenvalue weighted by Crippen LogP contribution is 2.25. The molecule has 1 aromatic rings. The fourth-order valence-corrected chi connectivity index (χ4v) is 3.61. The van der Waals surface area contributed by atoms with Gasteiger partial charge in [-0.2, -0.15) is 5.26 Å². The van der Waals surface area contributed by atoms with Crippen molar-refractivity contribution in [2.45, 2.75) is 18.9 Å². The van der Waals surface area contributed by atoms with E-state index >= 15 is 0 Å². The van der Waals surface area contributed by atoms with E-state index in [1.54, 1.807) is 19.3 Å². The van der Waals surface area contributed by atoms with Crippen LogP contribution in [0, 0.1) is 11.3 Å². The number of aryl methyl sites for hydroxylation is 1. The lowest BCUT2D eigenvalue weighted by Crippen LogP contribution is -2.53. The van der Waals surface area contributed by atoms with Gasteiger partial charge in [-0.25, -0.2) is 0 Å². The van der Waals surface area contributed by atoms with E-state index in [2.05, 4.69) is 25.1 Å². The Morgan fingerprint density at radius 3 is 2.52 bits per heavy atom. The summed E-state index contributed by atoms with van der Waals surface area (Å²) in [6.07, 6.45) is 5.30. The molecular formula is C20H27N5O2. The largest absolute Gasteiger partial charge is 0.366 e. The van der Waals surface area contributed by atoms with Gasteiger partial charge in [0.1, 0.15) is 11.6 Å². The first-order chi connectivity index (χ1) is 13.1. The summed E-state index contributed by atoms with van der Waals surface area (Å²) in [5.41, 5.74) is 1.22. The molecule has 1 N–H and O–H groups in total. The maximum Gasteiger partial charge on any atom is 0.270 e. The van der Waals surface area contributed by atoms with Crippen LogP contribution in [0.5, 0.6) is 0 Å². The molecule has 2 aliphatic rings. The molecule has 27 heavy (non-hydrogen) atoms. The lowest BCUT2D eigenvalue weighted by atomic mass is 10.1. The van der Waals surface area contributed by atoms with E-state index in [0.717, 1.165) is 24.9 Å². The van der Waals surface area contributed by atoms with E-state index in [-0.39, 0.29) is 23.1 Å². The molecule has 7 nitrogen and oxygen atoms in total. The Bertz CT molecular complexity index is 794. The summed E-state index contributed by atoms with van der Waals surface area (Å²) in [7, 11) is 1.63. The first-order valence-corrected chi connectivity index (χ1v) is 9.10. The van der Waals surface area contributed by atoms with Crippen LogP contribution < -0.4 is 15.8 Å². The molecular weight excluding hydrogens is 342 g/mol. The smallest absolute Gasteiger partial charge is 0.270 e. The normalized spacial score (nSPS) is 19.0. The van der Waals surface area contributed by atoms with Crippen LogP contribution in [0.25, 0.3) is 6.08 Å². The Morgan fingerprint density at radius 2 is 2.00 bits per heavy atom. The number of carbonyl (C=O) groups is 1. The van der Waals surface area contributed by atoms with Gasteiger partial charge in [-0.1, -0.05) is 12.7 Å². The zero-order valence-electron chi connectivity index (χ0n) is 15.9. The molecule has 0 bridgehead atoms. The van der Waals surface area contributed by atoms with Crippen LogP contribution in [0.1, 0.15) is 24.0 Å². The number of hydrogen-bond donors (Lipinski definition) is 1. The first kappa shape index (κ1) is 20.5. The van der Waals surface area contributed by atoms with Crippen LogP contribution in [-0.2, 0) is 11.8 Å². The molecule has 7 heteroatoms. The van der Waals surface area contributed by atoms with Crippen molar-refractivity contribution in [2.75, 3.05) is 37.6 Å². The highest BCUT2D eigenvalue weighted by Gasteiger charge is 2.30. The number of pyridine rings is 1. The Balaban J connectivity index is 0.00000126. The highest BCUT2D eigenvalue weighted by molar-refractivity contribution is 5.82. The third kappa shape index (κ3) is 4.12. The average Bonchev–Trinajstić information content (AvgIpc) is 3.25. The molecule has 0 aliphatic carbocycles. The van der Waals surface area contributed by atoms with Gasteiger partial charge in [0.25, 0.3) is 5.56 Å². The van der Waals surface area contributed by atoms with Crippen molar-refractivity contribution in [3.05, 3.63) is 47.4 Å². The number of nitriles is 1. The van der Waals surface area contributed by atoms with Crippen LogP contribution in [-0.4, -0.2) is 54.1 Å². The Kier molecular flexibility index (Phi) is 6.97. The third-order valence-corrected chi connectivity index (χ3v) is 4.97. The fraction of sp³-hybridized carbons (Fsp3) is 0.450. The number of aromatic nitrogens is 1. The van der Waals surface area contributed by atoms with Crippen molar-refractivity contribution in [3.63, 3.8) is 0 Å². The molecule has 0 spiro atoms. The molecule has 1 amide bonds. The Morgan fingerprint density at radius 1 is 1.33 bits per heavy atom. The molecule has 2 saturated heterocycles. The van der Waals surface area contributed by atoms with Gasteiger partial charge in [-0.15, -0.1) is 13.2 Å². The standard InChI is InChI=1S/C18H23N5O2.C2H4/c1-3-13-12-21(2)17(24)14(11-19)16(13)22-7-9-23(10-8-22)18(25)15-5-4-6-20-15;1-2/h3,12,15,20H,1,4-10H2,2H3;1-2H2. The van der Waals surface area contributed by atoms with E-state index in [0.29, 0.717) is 31.9 Å². The minimum Gasteiger partial charge on any atom is -0.366 e. The minimum atomic E-state index is -0.309. The summed E-state index contributed by atoms with van der Waals surface area (Å²) in [6, 6.07) is 1.98. The molecule has 0 aromatic carbocycles. The predicted molar refractivity (Wildman–Crippen MR) is 108 cm³/mol. The monoisotopic (exact) mass is 369 g/mol. The molecule has 2 fully saturated rings. The number of nitrogens with one attached hydrogen (secondary N) is 1. The van der Waals surface area contributed by atoms with E-state index in [9.17, 15) is 14.9 Å². The van der Waals surface area contributed by atoms with Crippen LogP contribution in [0.4, 0.5) is 5.69 Å². The quantitative estimate of drug-likeness (QED) is 0.807. The van der Waals surface area contributed by atoms with Crippen LogP contribution in [0.15, 0.2) is 30.7 Å². The van der Waals surface area contributed by atoms with Crippen molar-refractivity contribution < 1.29 is 4.79 Å². The molecule has 144 valence electrons. The number of nitrogens with zero attached hydrogens (tertiary/aromatic N) is 4. The van der Waals surface area contributed by atoms with Gasteiger partial charge in [0.15, 0.2) is 0 Å². The second kappa shape index (κ2) is 9.19. The second-order valence-corrected chi connectivity index (χ2v) is 6.50. The molecule has 1 aromatic heterocycles. The van der Waals surface area contributed by atoms with Crippen LogP contribution in [0.3, 0.4) is 0 Å². The van der Waals surface area contributed by atoms with E-state index in [4.69, 9.17) is 0 Å². The van der Waals surface area contributed by atoms with Crippen molar-refractivity contribution in [2.24, 2.45) is 7.05 Å².